The van der Waals surface area contributed by atoms with E-state index in [4.69, 9.17) is 9.47 Å². The van der Waals surface area contributed by atoms with Crippen molar-refractivity contribution >= 4 is 23.7 Å². The zero-order valence-electron chi connectivity index (χ0n) is 16.4. The van der Waals surface area contributed by atoms with Crippen molar-refractivity contribution < 1.29 is 14.3 Å². The summed E-state index contributed by atoms with van der Waals surface area (Å²) in [5.74, 6) is 0.627. The van der Waals surface area contributed by atoms with Gasteiger partial charge in [-0.15, -0.1) is 0 Å². The predicted octanol–water partition coefficient (Wildman–Crippen LogP) is 3.80. The van der Waals surface area contributed by atoms with E-state index in [1.807, 2.05) is 18.2 Å². The Labute approximate surface area is 167 Å². The fraction of sp³-hybridized carbons (Fsp3) is 0.190. The van der Waals surface area contributed by atoms with E-state index in [1.165, 1.54) is 10.9 Å². The van der Waals surface area contributed by atoms with Crippen molar-refractivity contribution in [2.75, 3.05) is 19.0 Å². The van der Waals surface area contributed by atoms with Crippen molar-refractivity contribution in [2.45, 2.75) is 13.8 Å². The third kappa shape index (κ3) is 4.55. The third-order valence-electron chi connectivity index (χ3n) is 4.18. The topological polar surface area (TPSA) is 97.7 Å². The molecule has 0 unspecified atom stereocenters. The Kier molecular flexibility index (Phi) is 6.13. The van der Waals surface area contributed by atoms with Gasteiger partial charge in [0.2, 0.25) is 0 Å². The zero-order valence-corrected chi connectivity index (χ0v) is 16.4. The summed E-state index contributed by atoms with van der Waals surface area (Å²) in [6.07, 6.45) is 1.00. The molecule has 0 fully saturated rings. The number of anilines is 1. The maximum atomic E-state index is 12.8. The second kappa shape index (κ2) is 8.92. The minimum Gasteiger partial charge on any atom is -0.494 e. The van der Waals surface area contributed by atoms with Crippen LogP contribution < -0.4 is 15.6 Å². The lowest BCUT2D eigenvalue weighted by Gasteiger charge is -2.06. The summed E-state index contributed by atoms with van der Waals surface area (Å²) in [6, 6.07) is 14.1. The van der Waals surface area contributed by atoms with E-state index in [9.17, 15) is 9.59 Å². The highest BCUT2D eigenvalue weighted by molar-refractivity contribution is 5.85. The second-order valence-corrected chi connectivity index (χ2v) is 6.11. The lowest BCUT2D eigenvalue weighted by atomic mass is 10.2. The quantitative estimate of drug-likeness (QED) is 0.621. The fourth-order valence-electron chi connectivity index (χ4n) is 2.74. The van der Waals surface area contributed by atoms with E-state index in [0.717, 1.165) is 0 Å². The Morgan fingerprint density at radius 3 is 2.62 bits per heavy atom. The van der Waals surface area contributed by atoms with Gasteiger partial charge in [-0.2, -0.15) is 0 Å². The van der Waals surface area contributed by atoms with E-state index in [0.29, 0.717) is 40.7 Å². The summed E-state index contributed by atoms with van der Waals surface area (Å²) in [4.78, 5) is 28.7. The molecule has 3 rings (SSSR count). The SMILES string of the molecule is CCOC(=O)Nc1ccc(-n2[nH]c(C)c(C=Nc3ccccc3OC)c2=O)cc1. The van der Waals surface area contributed by atoms with Crippen molar-refractivity contribution in [3.8, 4) is 11.4 Å². The van der Waals surface area contributed by atoms with Crippen LogP contribution in [0.25, 0.3) is 5.69 Å². The number of hydrogen-bond acceptors (Lipinski definition) is 5. The van der Waals surface area contributed by atoms with E-state index in [1.54, 1.807) is 51.3 Å². The van der Waals surface area contributed by atoms with Gasteiger partial charge in [-0.05, 0) is 50.2 Å². The van der Waals surface area contributed by atoms with Crippen LogP contribution in [-0.2, 0) is 4.74 Å². The van der Waals surface area contributed by atoms with Gasteiger partial charge < -0.3 is 9.47 Å². The van der Waals surface area contributed by atoms with Gasteiger partial charge in [-0.1, -0.05) is 12.1 Å². The highest BCUT2D eigenvalue weighted by Crippen LogP contribution is 2.26. The first-order chi connectivity index (χ1) is 14.0. The molecule has 0 aliphatic carbocycles. The molecule has 150 valence electrons. The van der Waals surface area contributed by atoms with Crippen LogP contribution in [-0.4, -0.2) is 35.8 Å². The molecule has 29 heavy (non-hydrogen) atoms. The summed E-state index contributed by atoms with van der Waals surface area (Å²) in [5.41, 5.74) is 2.74. The average Bonchev–Trinajstić information content (AvgIpc) is 3.01. The molecule has 8 heteroatoms. The number of aryl methyl sites for hydroxylation is 1. The normalized spacial score (nSPS) is 10.9. The molecule has 0 atom stereocenters. The number of para-hydroxylation sites is 2. The molecule has 2 aromatic carbocycles. The maximum absolute atomic E-state index is 12.8. The lowest BCUT2D eigenvalue weighted by molar-refractivity contribution is 0.168. The van der Waals surface area contributed by atoms with Crippen LogP contribution >= 0.6 is 0 Å². The van der Waals surface area contributed by atoms with E-state index < -0.39 is 6.09 Å². The van der Waals surface area contributed by atoms with Crippen molar-refractivity contribution in [2.24, 2.45) is 4.99 Å². The summed E-state index contributed by atoms with van der Waals surface area (Å²) in [6.45, 7) is 3.83. The van der Waals surface area contributed by atoms with E-state index in [2.05, 4.69) is 15.4 Å². The average molecular weight is 394 g/mol. The Balaban J connectivity index is 1.85. The van der Waals surface area contributed by atoms with Crippen LogP contribution in [0.15, 0.2) is 58.3 Å². The predicted molar refractivity (Wildman–Crippen MR) is 112 cm³/mol. The standard InChI is InChI=1S/C21H22N4O4/c1-4-29-21(27)23-15-9-11-16(12-10-15)25-20(26)17(14(2)24-25)13-22-18-7-5-6-8-19(18)28-3/h5-13,24H,4H2,1-3H3,(H,23,27). The van der Waals surface area contributed by atoms with Crippen LogP contribution in [0.1, 0.15) is 18.2 Å². The number of nitrogens with one attached hydrogen (secondary N) is 2. The first kappa shape index (κ1) is 19.9. The Hall–Kier alpha value is -3.81. The molecule has 1 amide bonds. The minimum absolute atomic E-state index is 0.229. The highest BCUT2D eigenvalue weighted by atomic mass is 16.5. The van der Waals surface area contributed by atoms with Gasteiger partial charge in [0.25, 0.3) is 5.56 Å². The molecule has 3 aromatic rings. The highest BCUT2D eigenvalue weighted by Gasteiger charge is 2.11. The van der Waals surface area contributed by atoms with Crippen molar-refractivity contribution in [1.29, 1.82) is 0 Å². The Morgan fingerprint density at radius 2 is 1.93 bits per heavy atom. The number of amides is 1. The summed E-state index contributed by atoms with van der Waals surface area (Å²) in [7, 11) is 1.57. The van der Waals surface area contributed by atoms with Gasteiger partial charge >= 0.3 is 6.09 Å². The van der Waals surface area contributed by atoms with Crippen LogP contribution in [0.4, 0.5) is 16.2 Å². The molecule has 0 bridgehead atoms. The van der Waals surface area contributed by atoms with Gasteiger partial charge in [-0.25, -0.2) is 9.48 Å². The molecular formula is C21H22N4O4. The Bertz CT molecular complexity index is 1080. The molecule has 2 N–H and O–H groups in total. The first-order valence-electron chi connectivity index (χ1n) is 9.06. The first-order valence-corrected chi connectivity index (χ1v) is 9.06. The van der Waals surface area contributed by atoms with Crippen LogP contribution in [0.3, 0.4) is 0 Å². The molecule has 0 saturated carbocycles. The van der Waals surface area contributed by atoms with E-state index in [-0.39, 0.29) is 5.56 Å². The molecule has 0 aliphatic rings. The monoisotopic (exact) mass is 394 g/mol. The fourth-order valence-corrected chi connectivity index (χ4v) is 2.74. The molecule has 1 aromatic heterocycles. The number of carbonyl (C=O) groups excluding carboxylic acids is 1. The number of hydrogen-bond donors (Lipinski definition) is 2. The molecule has 0 saturated heterocycles. The number of aliphatic imine (C=N–C) groups is 1. The minimum atomic E-state index is -0.525. The van der Waals surface area contributed by atoms with Crippen LogP contribution in [0, 0.1) is 6.92 Å². The van der Waals surface area contributed by atoms with Gasteiger partial charge in [0.15, 0.2) is 0 Å². The Morgan fingerprint density at radius 1 is 1.21 bits per heavy atom. The number of methoxy groups -OCH3 is 1. The zero-order chi connectivity index (χ0) is 20.8. The number of nitrogens with zero attached hydrogens (tertiary/aromatic N) is 2. The van der Waals surface area contributed by atoms with Crippen LogP contribution in [0.5, 0.6) is 5.75 Å². The summed E-state index contributed by atoms with van der Waals surface area (Å²) < 4.78 is 11.5. The maximum Gasteiger partial charge on any atom is 0.411 e. The number of aromatic nitrogens is 2. The molecule has 1 heterocycles. The van der Waals surface area contributed by atoms with Gasteiger partial charge in [0.05, 0.1) is 25.0 Å². The largest absolute Gasteiger partial charge is 0.494 e. The van der Waals surface area contributed by atoms with Gasteiger partial charge in [0.1, 0.15) is 11.4 Å². The van der Waals surface area contributed by atoms with Gasteiger partial charge in [-0.3, -0.25) is 20.2 Å². The van der Waals surface area contributed by atoms with Crippen LogP contribution in [0.2, 0.25) is 0 Å². The number of carbonyl (C=O) groups is 1. The number of ether oxygens (including phenoxy) is 2. The van der Waals surface area contributed by atoms with Crippen molar-refractivity contribution in [3.05, 3.63) is 70.1 Å². The molecule has 0 radical (unpaired) electrons. The van der Waals surface area contributed by atoms with Crippen molar-refractivity contribution in [1.82, 2.24) is 9.78 Å². The second-order valence-electron chi connectivity index (χ2n) is 6.11. The summed E-state index contributed by atoms with van der Waals surface area (Å²) >= 11 is 0. The number of benzene rings is 2. The smallest absolute Gasteiger partial charge is 0.411 e. The van der Waals surface area contributed by atoms with E-state index >= 15 is 0 Å². The summed E-state index contributed by atoms with van der Waals surface area (Å²) in [5, 5.41) is 5.65. The molecule has 8 nitrogen and oxygen atoms in total. The number of aromatic amines is 1. The number of H-pyrrole nitrogens is 1. The number of rotatable bonds is 6. The van der Waals surface area contributed by atoms with Gasteiger partial charge in [0, 0.05) is 17.6 Å². The lowest BCUT2D eigenvalue weighted by Crippen LogP contribution is -2.17. The molecule has 0 aliphatic heterocycles. The molecular weight excluding hydrogens is 372 g/mol. The molecule has 0 spiro atoms. The third-order valence-corrected chi connectivity index (χ3v) is 4.18. The van der Waals surface area contributed by atoms with Crippen molar-refractivity contribution in [3.63, 3.8) is 0 Å².